The van der Waals surface area contributed by atoms with Crippen LogP contribution in [0.5, 0.6) is 11.8 Å². The molecule has 0 aliphatic carbocycles. The maximum absolute atomic E-state index is 10.4. The summed E-state index contributed by atoms with van der Waals surface area (Å²) in [6, 6.07) is 10.3. The second-order valence-electron chi connectivity index (χ2n) is 6.45. The van der Waals surface area contributed by atoms with E-state index >= 15 is 0 Å². The summed E-state index contributed by atoms with van der Waals surface area (Å²) in [5, 5.41) is 20.9. The van der Waals surface area contributed by atoms with Crippen molar-refractivity contribution in [3.05, 3.63) is 47.0 Å². The lowest BCUT2D eigenvalue weighted by atomic mass is 10.2. The largest absolute Gasteiger partial charge is 0.494 e. The van der Waals surface area contributed by atoms with Gasteiger partial charge in [0, 0.05) is 37.3 Å². The topological polar surface area (TPSA) is 48.6 Å². The number of rotatable bonds is 7. The Balaban J connectivity index is 1.65. The van der Waals surface area contributed by atoms with Gasteiger partial charge in [-0.15, -0.1) is 0 Å². The molecule has 0 unspecified atom stereocenters. The molecule has 0 saturated carbocycles. The average Bonchev–Trinajstić information content (AvgIpc) is 3.06. The highest BCUT2D eigenvalue weighted by Gasteiger charge is 2.30. The summed E-state index contributed by atoms with van der Waals surface area (Å²) in [5.74, 6) is 0.508. The lowest BCUT2D eigenvalue weighted by molar-refractivity contribution is 0.262. The highest BCUT2D eigenvalue weighted by Crippen LogP contribution is 2.40. The highest BCUT2D eigenvalue weighted by molar-refractivity contribution is 5.47. The fraction of sp³-hybridized carbons (Fsp3) is 0.474. The van der Waals surface area contributed by atoms with Gasteiger partial charge in [0.25, 0.3) is 0 Å². The van der Waals surface area contributed by atoms with Crippen molar-refractivity contribution in [2.75, 3.05) is 0 Å². The second-order valence-corrected chi connectivity index (χ2v) is 6.45. The lowest BCUT2D eigenvalue weighted by Crippen LogP contribution is -2.16. The number of benzene rings is 1. The minimum atomic E-state index is 0.254. The van der Waals surface area contributed by atoms with Crippen molar-refractivity contribution in [2.45, 2.75) is 58.8 Å². The molecule has 4 heteroatoms. The Hall–Kier alpha value is -1.94. The van der Waals surface area contributed by atoms with Crippen molar-refractivity contribution >= 4 is 0 Å². The van der Waals surface area contributed by atoms with Crippen molar-refractivity contribution in [2.24, 2.45) is 0 Å². The molecule has 0 bridgehead atoms. The number of nitrogens with zero attached hydrogens (tertiary/aromatic N) is 2. The van der Waals surface area contributed by atoms with Crippen LogP contribution in [0.4, 0.5) is 0 Å². The number of unbranched alkanes of at least 4 members (excludes halogenated alkanes) is 3. The lowest BCUT2D eigenvalue weighted by Gasteiger charge is -2.16. The van der Waals surface area contributed by atoms with Crippen LogP contribution < -0.4 is 0 Å². The predicted molar refractivity (Wildman–Crippen MR) is 91.3 cm³/mol. The van der Waals surface area contributed by atoms with Crippen molar-refractivity contribution in [3.8, 4) is 11.8 Å². The van der Waals surface area contributed by atoms with Crippen LogP contribution in [-0.2, 0) is 26.2 Å². The van der Waals surface area contributed by atoms with Gasteiger partial charge in [-0.1, -0.05) is 56.5 Å². The molecule has 2 heterocycles. The number of fused-ring (bicyclic) bond motifs is 1. The summed E-state index contributed by atoms with van der Waals surface area (Å²) in [6.07, 6.45) is 4.52. The molecule has 2 aromatic rings. The van der Waals surface area contributed by atoms with Crippen molar-refractivity contribution in [1.29, 1.82) is 0 Å². The Morgan fingerprint density at radius 3 is 2.17 bits per heavy atom. The summed E-state index contributed by atoms with van der Waals surface area (Å²) < 4.78 is 1.68. The standard InChI is InChI=1S/C19H26N2O2/c1-2-3-4-8-11-21-18(22)16-13-20(14-17(16)19(21)23)12-15-9-6-5-7-10-15/h5-7,9-10,22-23H,2-4,8,11-14H2,1H3. The fourth-order valence-corrected chi connectivity index (χ4v) is 3.39. The van der Waals surface area contributed by atoms with Gasteiger partial charge < -0.3 is 10.2 Å². The molecule has 23 heavy (non-hydrogen) atoms. The van der Waals surface area contributed by atoms with Crippen molar-refractivity contribution in [1.82, 2.24) is 9.47 Å². The van der Waals surface area contributed by atoms with Crippen LogP contribution in [0.2, 0.25) is 0 Å². The predicted octanol–water partition coefficient (Wildman–Crippen LogP) is 4.00. The number of hydrogen-bond donors (Lipinski definition) is 2. The van der Waals surface area contributed by atoms with Crippen molar-refractivity contribution < 1.29 is 10.2 Å². The van der Waals surface area contributed by atoms with Gasteiger partial charge in [-0.25, -0.2) is 0 Å². The Kier molecular flexibility index (Phi) is 4.91. The molecule has 0 amide bonds. The highest BCUT2D eigenvalue weighted by atomic mass is 16.3. The zero-order chi connectivity index (χ0) is 16.2. The minimum absolute atomic E-state index is 0.254. The second kappa shape index (κ2) is 7.09. The van der Waals surface area contributed by atoms with Gasteiger partial charge >= 0.3 is 0 Å². The maximum atomic E-state index is 10.4. The first-order valence-corrected chi connectivity index (χ1v) is 8.59. The number of hydrogen-bond acceptors (Lipinski definition) is 3. The summed E-state index contributed by atoms with van der Waals surface area (Å²) in [7, 11) is 0. The van der Waals surface area contributed by atoms with E-state index in [0.29, 0.717) is 19.6 Å². The summed E-state index contributed by atoms with van der Waals surface area (Å²) in [5.41, 5.74) is 3.05. The normalized spacial score (nSPS) is 14.3. The van der Waals surface area contributed by atoms with E-state index in [2.05, 4.69) is 24.0 Å². The van der Waals surface area contributed by atoms with Crippen LogP contribution in [0.1, 0.15) is 49.3 Å². The molecule has 1 aliphatic rings. The first-order valence-electron chi connectivity index (χ1n) is 8.59. The van der Waals surface area contributed by atoms with Crippen molar-refractivity contribution in [3.63, 3.8) is 0 Å². The monoisotopic (exact) mass is 314 g/mol. The van der Waals surface area contributed by atoms with Crippen LogP contribution in [0.15, 0.2) is 30.3 Å². The third-order valence-electron chi connectivity index (χ3n) is 4.66. The van der Waals surface area contributed by atoms with E-state index in [1.807, 2.05) is 18.2 Å². The number of aromatic nitrogens is 1. The van der Waals surface area contributed by atoms with E-state index < -0.39 is 0 Å². The molecule has 0 spiro atoms. The molecule has 1 aliphatic heterocycles. The molecule has 1 aromatic carbocycles. The molecular formula is C19H26N2O2. The van der Waals surface area contributed by atoms with Crippen LogP contribution in [0.25, 0.3) is 0 Å². The van der Waals surface area contributed by atoms with E-state index in [9.17, 15) is 10.2 Å². The smallest absolute Gasteiger partial charge is 0.198 e. The number of aromatic hydroxyl groups is 2. The molecule has 0 saturated heterocycles. The van der Waals surface area contributed by atoms with Crippen LogP contribution in [0.3, 0.4) is 0 Å². The Labute approximate surface area is 138 Å². The zero-order valence-corrected chi connectivity index (χ0v) is 13.8. The maximum Gasteiger partial charge on any atom is 0.198 e. The molecule has 0 fully saturated rings. The molecular weight excluding hydrogens is 288 g/mol. The summed E-state index contributed by atoms with van der Waals surface area (Å²) >= 11 is 0. The molecule has 0 atom stereocenters. The van der Waals surface area contributed by atoms with Gasteiger partial charge in [-0.2, -0.15) is 0 Å². The molecule has 0 radical (unpaired) electrons. The van der Waals surface area contributed by atoms with Crippen LogP contribution >= 0.6 is 0 Å². The van der Waals surface area contributed by atoms with E-state index in [-0.39, 0.29) is 11.8 Å². The first kappa shape index (κ1) is 15.9. The Morgan fingerprint density at radius 1 is 0.913 bits per heavy atom. The average molecular weight is 314 g/mol. The van der Waals surface area contributed by atoms with E-state index in [0.717, 1.165) is 30.5 Å². The van der Waals surface area contributed by atoms with E-state index in [4.69, 9.17) is 0 Å². The quantitative estimate of drug-likeness (QED) is 0.760. The molecule has 2 N–H and O–H groups in total. The third kappa shape index (κ3) is 3.37. The van der Waals surface area contributed by atoms with Gasteiger partial charge in [0.15, 0.2) is 11.8 Å². The van der Waals surface area contributed by atoms with Gasteiger partial charge in [-0.3, -0.25) is 9.47 Å². The third-order valence-corrected chi connectivity index (χ3v) is 4.66. The van der Waals surface area contributed by atoms with Crippen LogP contribution in [-0.4, -0.2) is 19.7 Å². The van der Waals surface area contributed by atoms with Gasteiger partial charge in [-0.05, 0) is 12.0 Å². The summed E-state index contributed by atoms with van der Waals surface area (Å²) in [6.45, 7) is 5.12. The zero-order valence-electron chi connectivity index (χ0n) is 13.8. The molecule has 1 aromatic heterocycles. The minimum Gasteiger partial charge on any atom is -0.494 e. The van der Waals surface area contributed by atoms with E-state index in [1.54, 1.807) is 4.57 Å². The molecule has 3 rings (SSSR count). The first-order chi connectivity index (χ1) is 11.2. The summed E-state index contributed by atoms with van der Waals surface area (Å²) in [4.78, 5) is 2.25. The van der Waals surface area contributed by atoms with Gasteiger partial charge in [0.1, 0.15) is 0 Å². The van der Waals surface area contributed by atoms with E-state index in [1.165, 1.54) is 18.4 Å². The fourth-order valence-electron chi connectivity index (χ4n) is 3.39. The van der Waals surface area contributed by atoms with Gasteiger partial charge in [0.05, 0.1) is 0 Å². The molecule has 124 valence electrons. The molecule has 4 nitrogen and oxygen atoms in total. The SMILES string of the molecule is CCCCCCn1c(O)c2c(c1O)CN(Cc1ccccc1)C2. The Bertz CT molecular complexity index is 620. The Morgan fingerprint density at radius 2 is 1.57 bits per heavy atom. The van der Waals surface area contributed by atoms with Crippen LogP contribution in [0, 0.1) is 0 Å². The van der Waals surface area contributed by atoms with Gasteiger partial charge in [0.2, 0.25) is 0 Å².